The first-order valence-electron chi connectivity index (χ1n) is 5.79. The minimum absolute atomic E-state index is 0.0779. The highest BCUT2D eigenvalue weighted by atomic mass is 16.5. The van der Waals surface area contributed by atoms with Gasteiger partial charge in [-0.15, -0.1) is 0 Å². The molecule has 0 saturated carbocycles. The molecular formula is C12H17N3O2. The maximum absolute atomic E-state index is 11.5. The van der Waals surface area contributed by atoms with Gasteiger partial charge in [0.2, 0.25) is 11.8 Å². The van der Waals surface area contributed by atoms with E-state index in [9.17, 15) is 4.79 Å². The standard InChI is InChI=1S/C12H17N3O2/c1-17-11-5-4-9(8-15-11)7-14-10-3-2-6-13-12(10)16/h4-5,8,10,14H,2-3,6-7H2,1H3,(H,13,16). The molecule has 17 heavy (non-hydrogen) atoms. The van der Waals surface area contributed by atoms with Gasteiger partial charge in [-0.3, -0.25) is 4.79 Å². The number of carbonyl (C=O) groups excluding carboxylic acids is 1. The first kappa shape index (κ1) is 11.9. The van der Waals surface area contributed by atoms with E-state index in [1.807, 2.05) is 12.1 Å². The van der Waals surface area contributed by atoms with Crippen molar-refractivity contribution in [1.29, 1.82) is 0 Å². The lowest BCUT2D eigenvalue weighted by Crippen LogP contribution is -2.47. The zero-order chi connectivity index (χ0) is 12.1. The summed E-state index contributed by atoms with van der Waals surface area (Å²) in [4.78, 5) is 15.6. The van der Waals surface area contributed by atoms with Gasteiger partial charge in [0.1, 0.15) is 0 Å². The number of aromatic nitrogens is 1. The summed E-state index contributed by atoms with van der Waals surface area (Å²) in [5, 5.41) is 6.08. The number of hydrogen-bond acceptors (Lipinski definition) is 4. The number of nitrogens with one attached hydrogen (secondary N) is 2. The minimum Gasteiger partial charge on any atom is -0.481 e. The molecule has 1 fully saturated rings. The SMILES string of the molecule is COc1ccc(CNC2CCCNC2=O)cn1. The van der Waals surface area contributed by atoms with Crippen LogP contribution >= 0.6 is 0 Å². The van der Waals surface area contributed by atoms with E-state index in [0.717, 1.165) is 24.9 Å². The number of amides is 1. The molecule has 5 nitrogen and oxygen atoms in total. The van der Waals surface area contributed by atoms with Crippen LogP contribution in [0, 0.1) is 0 Å². The second-order valence-electron chi connectivity index (χ2n) is 4.08. The van der Waals surface area contributed by atoms with Gasteiger partial charge in [-0.2, -0.15) is 0 Å². The lowest BCUT2D eigenvalue weighted by Gasteiger charge is -2.22. The van der Waals surface area contributed by atoms with Gasteiger partial charge in [-0.25, -0.2) is 4.98 Å². The summed E-state index contributed by atoms with van der Waals surface area (Å²) in [7, 11) is 1.59. The number of pyridine rings is 1. The molecule has 92 valence electrons. The van der Waals surface area contributed by atoms with Crippen molar-refractivity contribution in [3.63, 3.8) is 0 Å². The molecule has 0 aromatic carbocycles. The van der Waals surface area contributed by atoms with E-state index >= 15 is 0 Å². The monoisotopic (exact) mass is 235 g/mol. The number of piperidine rings is 1. The molecular weight excluding hydrogens is 218 g/mol. The van der Waals surface area contributed by atoms with Gasteiger partial charge in [0, 0.05) is 25.4 Å². The Hall–Kier alpha value is -1.62. The molecule has 0 bridgehead atoms. The fraction of sp³-hybridized carbons (Fsp3) is 0.500. The first-order valence-corrected chi connectivity index (χ1v) is 5.79. The van der Waals surface area contributed by atoms with Crippen molar-refractivity contribution >= 4 is 5.91 Å². The van der Waals surface area contributed by atoms with Crippen molar-refractivity contribution in [2.45, 2.75) is 25.4 Å². The van der Waals surface area contributed by atoms with Crippen LogP contribution in [0.15, 0.2) is 18.3 Å². The molecule has 0 spiro atoms. The fourth-order valence-corrected chi connectivity index (χ4v) is 1.84. The van der Waals surface area contributed by atoms with Crippen molar-refractivity contribution in [3.8, 4) is 5.88 Å². The normalized spacial score (nSPS) is 19.8. The zero-order valence-corrected chi connectivity index (χ0v) is 9.90. The van der Waals surface area contributed by atoms with Gasteiger partial charge in [0.25, 0.3) is 0 Å². The Bertz CT molecular complexity index is 378. The quantitative estimate of drug-likeness (QED) is 0.795. The van der Waals surface area contributed by atoms with Gasteiger partial charge in [-0.1, -0.05) is 6.07 Å². The molecule has 1 aromatic rings. The molecule has 1 aliphatic heterocycles. The van der Waals surface area contributed by atoms with Crippen LogP contribution in [-0.2, 0) is 11.3 Å². The van der Waals surface area contributed by atoms with Crippen molar-refractivity contribution in [2.75, 3.05) is 13.7 Å². The van der Waals surface area contributed by atoms with Crippen LogP contribution in [0.3, 0.4) is 0 Å². The van der Waals surface area contributed by atoms with E-state index in [4.69, 9.17) is 4.74 Å². The predicted octanol–water partition coefficient (Wildman–Crippen LogP) is 0.458. The number of carbonyl (C=O) groups is 1. The summed E-state index contributed by atoms with van der Waals surface area (Å²) in [6.45, 7) is 1.44. The molecule has 0 aliphatic carbocycles. The van der Waals surface area contributed by atoms with Crippen LogP contribution in [0.4, 0.5) is 0 Å². The molecule has 5 heteroatoms. The maximum Gasteiger partial charge on any atom is 0.237 e. The molecule has 2 rings (SSSR count). The van der Waals surface area contributed by atoms with Gasteiger partial charge >= 0.3 is 0 Å². The fourth-order valence-electron chi connectivity index (χ4n) is 1.84. The van der Waals surface area contributed by atoms with Crippen LogP contribution < -0.4 is 15.4 Å². The Kier molecular flexibility index (Phi) is 3.93. The largest absolute Gasteiger partial charge is 0.481 e. The summed E-state index contributed by atoms with van der Waals surface area (Å²) in [6, 6.07) is 3.68. The predicted molar refractivity (Wildman–Crippen MR) is 63.7 cm³/mol. The first-order chi connectivity index (χ1) is 8.29. The van der Waals surface area contributed by atoms with E-state index < -0.39 is 0 Å². The Balaban J connectivity index is 1.86. The van der Waals surface area contributed by atoms with E-state index in [1.165, 1.54) is 0 Å². The highest BCUT2D eigenvalue weighted by Gasteiger charge is 2.20. The van der Waals surface area contributed by atoms with Crippen LogP contribution in [0.1, 0.15) is 18.4 Å². The van der Waals surface area contributed by atoms with Crippen LogP contribution in [0.2, 0.25) is 0 Å². The van der Waals surface area contributed by atoms with Crippen LogP contribution in [-0.4, -0.2) is 30.6 Å². The van der Waals surface area contributed by atoms with Crippen molar-refractivity contribution in [3.05, 3.63) is 23.9 Å². The Morgan fingerprint density at radius 3 is 3.12 bits per heavy atom. The number of hydrogen-bond donors (Lipinski definition) is 2. The molecule has 0 radical (unpaired) electrons. The second kappa shape index (κ2) is 5.63. The third-order valence-electron chi connectivity index (χ3n) is 2.84. The third-order valence-corrected chi connectivity index (χ3v) is 2.84. The van der Waals surface area contributed by atoms with E-state index in [2.05, 4.69) is 15.6 Å². The van der Waals surface area contributed by atoms with Gasteiger partial charge in [0.05, 0.1) is 13.2 Å². The topological polar surface area (TPSA) is 63.2 Å². The summed E-state index contributed by atoms with van der Waals surface area (Å²) in [5.41, 5.74) is 1.05. The minimum atomic E-state index is -0.0779. The average molecular weight is 235 g/mol. The number of methoxy groups -OCH3 is 1. The second-order valence-corrected chi connectivity index (χ2v) is 4.08. The third kappa shape index (κ3) is 3.17. The molecule has 1 aromatic heterocycles. The molecule has 1 saturated heterocycles. The average Bonchev–Trinajstić information content (AvgIpc) is 2.38. The Labute approximate surface area is 101 Å². The summed E-state index contributed by atoms with van der Waals surface area (Å²) < 4.78 is 4.99. The van der Waals surface area contributed by atoms with Gasteiger partial charge in [-0.05, 0) is 18.4 Å². The number of nitrogens with zero attached hydrogens (tertiary/aromatic N) is 1. The summed E-state index contributed by atoms with van der Waals surface area (Å²) in [6.07, 6.45) is 3.69. The highest BCUT2D eigenvalue weighted by molar-refractivity contribution is 5.82. The number of rotatable bonds is 4. The lowest BCUT2D eigenvalue weighted by molar-refractivity contribution is -0.124. The Morgan fingerprint density at radius 2 is 2.47 bits per heavy atom. The zero-order valence-electron chi connectivity index (χ0n) is 9.90. The van der Waals surface area contributed by atoms with Crippen molar-refractivity contribution in [1.82, 2.24) is 15.6 Å². The molecule has 1 atom stereocenters. The molecule has 1 aliphatic rings. The van der Waals surface area contributed by atoms with Crippen LogP contribution in [0.5, 0.6) is 5.88 Å². The smallest absolute Gasteiger partial charge is 0.237 e. The lowest BCUT2D eigenvalue weighted by atomic mass is 10.1. The highest BCUT2D eigenvalue weighted by Crippen LogP contribution is 2.08. The molecule has 2 heterocycles. The van der Waals surface area contributed by atoms with Gasteiger partial charge < -0.3 is 15.4 Å². The molecule has 1 amide bonds. The maximum atomic E-state index is 11.5. The van der Waals surface area contributed by atoms with Gasteiger partial charge in [0.15, 0.2) is 0 Å². The van der Waals surface area contributed by atoms with E-state index in [0.29, 0.717) is 12.4 Å². The van der Waals surface area contributed by atoms with E-state index in [-0.39, 0.29) is 11.9 Å². The van der Waals surface area contributed by atoms with Crippen LogP contribution in [0.25, 0.3) is 0 Å². The summed E-state index contributed by atoms with van der Waals surface area (Å²) in [5.74, 6) is 0.696. The van der Waals surface area contributed by atoms with E-state index in [1.54, 1.807) is 13.3 Å². The van der Waals surface area contributed by atoms with Crippen molar-refractivity contribution < 1.29 is 9.53 Å². The van der Waals surface area contributed by atoms with Crippen molar-refractivity contribution in [2.24, 2.45) is 0 Å². The number of ether oxygens (including phenoxy) is 1. The molecule has 2 N–H and O–H groups in total. The molecule has 1 unspecified atom stereocenters. The Morgan fingerprint density at radius 1 is 1.59 bits per heavy atom. The summed E-state index contributed by atoms with van der Waals surface area (Å²) >= 11 is 0.